The third-order valence-corrected chi connectivity index (χ3v) is 2.49. The molecule has 0 atom stereocenters. The van der Waals surface area contributed by atoms with Crippen LogP contribution in [0.3, 0.4) is 0 Å². The van der Waals surface area contributed by atoms with Crippen molar-refractivity contribution < 1.29 is 9.90 Å². The van der Waals surface area contributed by atoms with Crippen molar-refractivity contribution >= 4 is 17.4 Å². The van der Waals surface area contributed by atoms with E-state index in [9.17, 15) is 4.79 Å². The maximum Gasteiger partial charge on any atom is 0.323 e. The Bertz CT molecular complexity index is 567. The molecule has 7 heteroatoms. The predicted octanol–water partition coefficient (Wildman–Crippen LogP) is 1.22. The minimum Gasteiger partial charge on any atom is -0.394 e. The Hall–Kier alpha value is -2.41. The zero-order valence-corrected chi connectivity index (χ0v) is 10.5. The zero-order valence-electron chi connectivity index (χ0n) is 10.5. The molecule has 0 bridgehead atoms. The minimum atomic E-state index is -0.349. The van der Waals surface area contributed by atoms with Crippen LogP contribution in [0.15, 0.2) is 30.9 Å². The molecular weight excluding hydrogens is 246 g/mol. The van der Waals surface area contributed by atoms with Gasteiger partial charge >= 0.3 is 6.03 Å². The van der Waals surface area contributed by atoms with Crippen LogP contribution in [-0.4, -0.2) is 32.5 Å². The van der Waals surface area contributed by atoms with Crippen molar-refractivity contribution in [2.75, 3.05) is 17.2 Å². The van der Waals surface area contributed by atoms with Crippen LogP contribution in [-0.2, 0) is 6.54 Å². The Balaban J connectivity index is 1.95. The molecule has 0 unspecified atom stereocenters. The van der Waals surface area contributed by atoms with Crippen molar-refractivity contribution in [1.29, 1.82) is 0 Å². The van der Waals surface area contributed by atoms with E-state index in [1.54, 1.807) is 29.3 Å². The SMILES string of the molecule is Cc1cnccc1NC(=O)Nc1cnn(CCO)c1. The number of hydrogen-bond acceptors (Lipinski definition) is 4. The Morgan fingerprint density at radius 1 is 1.42 bits per heavy atom. The van der Waals surface area contributed by atoms with Crippen LogP contribution in [0.4, 0.5) is 16.2 Å². The summed E-state index contributed by atoms with van der Waals surface area (Å²) in [5.74, 6) is 0. The molecule has 2 amide bonds. The molecule has 2 rings (SSSR count). The quantitative estimate of drug-likeness (QED) is 0.771. The van der Waals surface area contributed by atoms with Crippen molar-refractivity contribution in [1.82, 2.24) is 14.8 Å². The summed E-state index contributed by atoms with van der Waals surface area (Å²) in [4.78, 5) is 15.7. The van der Waals surface area contributed by atoms with Crippen molar-refractivity contribution in [2.45, 2.75) is 13.5 Å². The highest BCUT2D eigenvalue weighted by Gasteiger charge is 2.06. The molecule has 0 aliphatic heterocycles. The van der Waals surface area contributed by atoms with Crippen molar-refractivity contribution in [3.63, 3.8) is 0 Å². The number of nitrogens with zero attached hydrogens (tertiary/aromatic N) is 3. The van der Waals surface area contributed by atoms with Gasteiger partial charge in [-0.05, 0) is 18.6 Å². The summed E-state index contributed by atoms with van der Waals surface area (Å²) in [5, 5.41) is 18.1. The molecular formula is C12H15N5O2. The molecule has 2 aromatic rings. The van der Waals surface area contributed by atoms with Gasteiger partial charge in [0.15, 0.2) is 0 Å². The summed E-state index contributed by atoms with van der Waals surface area (Å²) >= 11 is 0. The van der Waals surface area contributed by atoms with Crippen LogP contribution < -0.4 is 10.6 Å². The fourth-order valence-corrected chi connectivity index (χ4v) is 1.55. The molecule has 0 saturated heterocycles. The smallest absolute Gasteiger partial charge is 0.323 e. The van der Waals surface area contributed by atoms with Gasteiger partial charge in [0.1, 0.15) is 0 Å². The molecule has 19 heavy (non-hydrogen) atoms. The molecule has 0 fully saturated rings. The monoisotopic (exact) mass is 261 g/mol. The molecule has 0 aliphatic rings. The van der Waals surface area contributed by atoms with E-state index in [4.69, 9.17) is 5.11 Å². The van der Waals surface area contributed by atoms with Crippen LogP contribution in [0.5, 0.6) is 0 Å². The fourth-order valence-electron chi connectivity index (χ4n) is 1.55. The first-order valence-corrected chi connectivity index (χ1v) is 5.81. The third kappa shape index (κ3) is 3.52. The maximum absolute atomic E-state index is 11.8. The van der Waals surface area contributed by atoms with Gasteiger partial charge in [-0.15, -0.1) is 0 Å². The number of nitrogens with one attached hydrogen (secondary N) is 2. The number of rotatable bonds is 4. The van der Waals surface area contributed by atoms with Gasteiger partial charge in [-0.2, -0.15) is 5.10 Å². The first-order chi connectivity index (χ1) is 9.19. The van der Waals surface area contributed by atoms with E-state index in [0.29, 0.717) is 17.9 Å². The standard InChI is InChI=1S/C12H15N5O2/c1-9-6-13-3-2-11(9)16-12(19)15-10-7-14-17(8-10)4-5-18/h2-3,6-8,18H,4-5H2,1H3,(H2,13,15,16,19). The van der Waals surface area contributed by atoms with E-state index in [1.807, 2.05) is 6.92 Å². The number of amides is 2. The van der Waals surface area contributed by atoms with Gasteiger partial charge in [0, 0.05) is 24.3 Å². The fraction of sp³-hybridized carbons (Fsp3) is 0.250. The van der Waals surface area contributed by atoms with E-state index in [2.05, 4.69) is 20.7 Å². The summed E-state index contributed by atoms with van der Waals surface area (Å²) in [6.45, 7) is 2.26. The van der Waals surface area contributed by atoms with Crippen LogP contribution in [0, 0.1) is 6.92 Å². The molecule has 2 aromatic heterocycles. The molecule has 7 nitrogen and oxygen atoms in total. The average Bonchev–Trinajstić information content (AvgIpc) is 2.80. The van der Waals surface area contributed by atoms with Crippen LogP contribution in [0.25, 0.3) is 0 Å². The van der Waals surface area contributed by atoms with Crippen molar-refractivity contribution in [2.24, 2.45) is 0 Å². The van der Waals surface area contributed by atoms with Gasteiger partial charge in [0.25, 0.3) is 0 Å². The summed E-state index contributed by atoms with van der Waals surface area (Å²) in [7, 11) is 0. The lowest BCUT2D eigenvalue weighted by atomic mass is 10.2. The largest absolute Gasteiger partial charge is 0.394 e. The third-order valence-electron chi connectivity index (χ3n) is 2.49. The van der Waals surface area contributed by atoms with E-state index < -0.39 is 0 Å². The highest BCUT2D eigenvalue weighted by molar-refractivity contribution is 5.99. The van der Waals surface area contributed by atoms with Crippen LogP contribution in [0.1, 0.15) is 5.56 Å². The number of carbonyl (C=O) groups excluding carboxylic acids is 1. The van der Waals surface area contributed by atoms with Gasteiger partial charge in [0.05, 0.1) is 25.0 Å². The molecule has 100 valence electrons. The molecule has 0 radical (unpaired) electrons. The summed E-state index contributed by atoms with van der Waals surface area (Å²) in [6, 6.07) is 1.38. The number of anilines is 2. The number of aryl methyl sites for hydroxylation is 1. The second-order valence-electron chi connectivity index (χ2n) is 3.99. The van der Waals surface area contributed by atoms with Crippen molar-refractivity contribution in [3.8, 4) is 0 Å². The first-order valence-electron chi connectivity index (χ1n) is 5.81. The molecule has 0 aliphatic carbocycles. The Morgan fingerprint density at radius 3 is 3.00 bits per heavy atom. The number of aliphatic hydroxyl groups is 1. The van der Waals surface area contributed by atoms with E-state index in [0.717, 1.165) is 5.56 Å². The van der Waals surface area contributed by atoms with Gasteiger partial charge in [-0.25, -0.2) is 4.79 Å². The molecule has 0 spiro atoms. The first kappa shape index (κ1) is 13.0. The Morgan fingerprint density at radius 2 is 2.26 bits per heavy atom. The number of carbonyl (C=O) groups is 1. The zero-order chi connectivity index (χ0) is 13.7. The summed E-state index contributed by atoms with van der Waals surface area (Å²) in [5.41, 5.74) is 2.15. The number of aromatic nitrogens is 3. The van der Waals surface area contributed by atoms with Crippen LogP contribution in [0.2, 0.25) is 0 Å². The number of urea groups is 1. The van der Waals surface area contributed by atoms with E-state index in [1.165, 1.54) is 6.20 Å². The summed E-state index contributed by atoms with van der Waals surface area (Å²) < 4.78 is 1.55. The number of aliphatic hydroxyl groups excluding tert-OH is 1. The number of pyridine rings is 1. The summed E-state index contributed by atoms with van der Waals surface area (Å²) in [6.07, 6.45) is 6.46. The Kier molecular flexibility index (Phi) is 4.09. The average molecular weight is 261 g/mol. The predicted molar refractivity (Wildman–Crippen MR) is 70.9 cm³/mol. The van der Waals surface area contributed by atoms with Gasteiger partial charge < -0.3 is 15.7 Å². The topological polar surface area (TPSA) is 92.1 Å². The van der Waals surface area contributed by atoms with Gasteiger partial charge in [-0.1, -0.05) is 0 Å². The van der Waals surface area contributed by atoms with E-state index in [-0.39, 0.29) is 12.6 Å². The molecule has 0 aromatic carbocycles. The maximum atomic E-state index is 11.8. The second-order valence-corrected chi connectivity index (χ2v) is 3.99. The molecule has 3 N–H and O–H groups in total. The lowest BCUT2D eigenvalue weighted by Gasteiger charge is -2.07. The van der Waals surface area contributed by atoms with E-state index >= 15 is 0 Å². The molecule has 2 heterocycles. The lowest BCUT2D eigenvalue weighted by Crippen LogP contribution is -2.19. The lowest BCUT2D eigenvalue weighted by molar-refractivity contribution is 0.262. The second kappa shape index (κ2) is 5.96. The highest BCUT2D eigenvalue weighted by atomic mass is 16.3. The molecule has 0 saturated carbocycles. The number of hydrogen-bond donors (Lipinski definition) is 3. The minimum absolute atomic E-state index is 0.00350. The Labute approximate surface area is 110 Å². The highest BCUT2D eigenvalue weighted by Crippen LogP contribution is 2.12. The normalized spacial score (nSPS) is 10.2. The van der Waals surface area contributed by atoms with Crippen molar-refractivity contribution in [3.05, 3.63) is 36.4 Å². The van der Waals surface area contributed by atoms with Gasteiger partial charge in [0.2, 0.25) is 0 Å². The van der Waals surface area contributed by atoms with Gasteiger partial charge in [-0.3, -0.25) is 9.67 Å². The van der Waals surface area contributed by atoms with Crippen LogP contribution >= 0.6 is 0 Å².